The van der Waals surface area contributed by atoms with E-state index in [4.69, 9.17) is 4.74 Å². The Morgan fingerprint density at radius 1 is 1.21 bits per heavy atom. The van der Waals surface area contributed by atoms with Gasteiger partial charge in [-0.2, -0.15) is 5.26 Å². The van der Waals surface area contributed by atoms with Gasteiger partial charge in [0.2, 0.25) is 5.91 Å². The number of fused-ring (bicyclic) bond motifs is 1. The lowest BCUT2D eigenvalue weighted by Crippen LogP contribution is -2.52. The van der Waals surface area contributed by atoms with E-state index in [0.29, 0.717) is 37.2 Å². The number of carbonyl (C=O) groups is 1. The lowest BCUT2D eigenvalue weighted by molar-refractivity contribution is -0.120. The third-order valence-electron chi connectivity index (χ3n) is 8.04. The van der Waals surface area contributed by atoms with Crippen molar-refractivity contribution in [3.05, 3.63) is 64.5 Å². The number of halogens is 1. The number of carbonyl (C=O) groups excluding carboxylic acids is 1. The molecule has 210 valence electrons. The van der Waals surface area contributed by atoms with Gasteiger partial charge in [0, 0.05) is 55.9 Å². The number of hydrogen-bond acceptors (Lipinski definition) is 6. The van der Waals surface area contributed by atoms with Crippen molar-refractivity contribution < 1.29 is 13.9 Å². The Hall–Kier alpha value is -2.83. The topological polar surface area (TPSA) is 71.8 Å². The molecule has 5 rings (SSSR count). The molecule has 0 radical (unpaired) electrons. The van der Waals surface area contributed by atoms with Crippen LogP contribution in [0.5, 0.6) is 0 Å². The maximum Gasteiger partial charge on any atom is 0.241 e. The van der Waals surface area contributed by atoms with E-state index >= 15 is 0 Å². The van der Waals surface area contributed by atoms with Gasteiger partial charge in [0.15, 0.2) is 0 Å². The molecule has 3 aliphatic rings. The van der Waals surface area contributed by atoms with Crippen LogP contribution in [0.2, 0.25) is 0 Å². The van der Waals surface area contributed by atoms with Crippen LogP contribution in [0.1, 0.15) is 49.9 Å². The van der Waals surface area contributed by atoms with Gasteiger partial charge in [0.05, 0.1) is 31.4 Å². The number of ether oxygens (including phenoxy) is 1. The number of nitrogens with one attached hydrogen (secondary N) is 1. The fourth-order valence-corrected chi connectivity index (χ4v) is 5.50. The van der Waals surface area contributed by atoms with Crippen LogP contribution in [-0.4, -0.2) is 87.3 Å². The van der Waals surface area contributed by atoms with Crippen molar-refractivity contribution in [1.82, 2.24) is 15.1 Å². The molecule has 2 aromatic carbocycles. The van der Waals surface area contributed by atoms with Gasteiger partial charge in [-0.25, -0.2) is 4.39 Å². The molecule has 2 saturated heterocycles. The zero-order chi connectivity index (χ0) is 28.2. The monoisotopic (exact) mass is 535 g/mol. The second-order valence-electron chi connectivity index (χ2n) is 11.8. The van der Waals surface area contributed by atoms with Crippen LogP contribution in [0, 0.1) is 17.1 Å². The first-order valence-electron chi connectivity index (χ1n) is 13.9. The molecule has 8 heteroatoms. The molecule has 3 aliphatic heterocycles. The number of amides is 1. The number of nitrogens with zero attached hydrogens (tertiary/aromatic N) is 4. The Morgan fingerprint density at radius 2 is 1.95 bits per heavy atom. The average molecular weight is 536 g/mol. The van der Waals surface area contributed by atoms with E-state index in [2.05, 4.69) is 55.9 Å². The van der Waals surface area contributed by atoms with Crippen molar-refractivity contribution in [2.24, 2.45) is 0 Å². The molecule has 2 atom stereocenters. The van der Waals surface area contributed by atoms with Gasteiger partial charge in [0.25, 0.3) is 0 Å². The van der Waals surface area contributed by atoms with Crippen LogP contribution < -0.4 is 10.2 Å². The van der Waals surface area contributed by atoms with Crippen LogP contribution in [0.3, 0.4) is 0 Å². The molecule has 0 bridgehead atoms. The Labute approximate surface area is 232 Å². The number of benzene rings is 2. The Morgan fingerprint density at radius 3 is 2.56 bits per heavy atom. The molecule has 0 spiro atoms. The molecule has 0 aliphatic carbocycles. The van der Waals surface area contributed by atoms with Crippen molar-refractivity contribution in [2.45, 2.75) is 51.6 Å². The summed E-state index contributed by atoms with van der Waals surface area (Å²) in [4.78, 5) is 19.7. The summed E-state index contributed by atoms with van der Waals surface area (Å²) < 4.78 is 18.5. The van der Waals surface area contributed by atoms with Crippen molar-refractivity contribution in [2.75, 3.05) is 64.4 Å². The van der Waals surface area contributed by atoms with E-state index in [9.17, 15) is 14.4 Å². The van der Waals surface area contributed by atoms with E-state index in [1.165, 1.54) is 12.1 Å². The molecule has 2 fully saturated rings. The summed E-state index contributed by atoms with van der Waals surface area (Å²) in [5, 5.41) is 13.2. The SMILES string of the molecule is CC1CN(CC(=O)N2CC(C)(C)c3cc(C#N)c(Cc4ccc(F)cc4)cc32)CCN1.C[C@@H]1COCCN1C. The largest absolute Gasteiger partial charge is 0.379 e. The number of rotatable bonds is 4. The Balaban J connectivity index is 0.000000379. The van der Waals surface area contributed by atoms with Gasteiger partial charge in [-0.15, -0.1) is 0 Å². The van der Waals surface area contributed by atoms with Crippen molar-refractivity contribution in [3.8, 4) is 6.07 Å². The average Bonchev–Trinajstić information content (AvgIpc) is 3.17. The fourth-order valence-electron chi connectivity index (χ4n) is 5.50. The fraction of sp³-hybridized carbons (Fsp3) is 0.548. The molecule has 1 amide bonds. The summed E-state index contributed by atoms with van der Waals surface area (Å²) in [7, 11) is 2.13. The summed E-state index contributed by atoms with van der Waals surface area (Å²) in [6.07, 6.45) is 0.522. The lowest BCUT2D eigenvalue weighted by Gasteiger charge is -2.32. The van der Waals surface area contributed by atoms with Crippen molar-refractivity contribution in [1.29, 1.82) is 5.26 Å². The maximum atomic E-state index is 13.3. The second-order valence-corrected chi connectivity index (χ2v) is 11.8. The standard InChI is InChI=1S/C25H29FN4O.C6H13NO/c1-17-14-29(9-8-28-17)15-24(31)30-16-25(2,3)22-11-20(13-27)19(12-23(22)30)10-18-4-6-21(26)7-5-18;1-6-5-8-4-3-7(6)2/h4-7,11-12,17,28H,8-10,14-16H2,1-3H3;6H,3-5H2,1-2H3/t;6-/m.1/s1. The van der Waals surface area contributed by atoms with E-state index in [-0.39, 0.29) is 17.1 Å². The molecule has 0 saturated carbocycles. The molecule has 3 heterocycles. The van der Waals surface area contributed by atoms with Crippen molar-refractivity contribution in [3.63, 3.8) is 0 Å². The van der Waals surface area contributed by atoms with Gasteiger partial charge in [-0.3, -0.25) is 14.6 Å². The van der Waals surface area contributed by atoms with Crippen LogP contribution in [-0.2, 0) is 21.4 Å². The highest BCUT2D eigenvalue weighted by Crippen LogP contribution is 2.42. The normalized spacial score (nSPS) is 22.9. The first kappa shape index (κ1) is 29.2. The quantitative estimate of drug-likeness (QED) is 0.646. The van der Waals surface area contributed by atoms with Crippen LogP contribution in [0.25, 0.3) is 0 Å². The van der Waals surface area contributed by atoms with E-state index < -0.39 is 0 Å². The third kappa shape index (κ3) is 7.23. The number of hydrogen-bond donors (Lipinski definition) is 1. The molecular weight excluding hydrogens is 493 g/mol. The van der Waals surface area contributed by atoms with E-state index in [0.717, 1.165) is 61.8 Å². The smallest absolute Gasteiger partial charge is 0.241 e. The molecular formula is C31H42FN5O2. The maximum absolute atomic E-state index is 13.3. The number of piperazine rings is 1. The predicted molar refractivity (Wildman–Crippen MR) is 153 cm³/mol. The molecule has 1 unspecified atom stereocenters. The van der Waals surface area contributed by atoms with Gasteiger partial charge in [-0.1, -0.05) is 26.0 Å². The zero-order valence-electron chi connectivity index (χ0n) is 24.0. The summed E-state index contributed by atoms with van der Waals surface area (Å²) in [5.41, 5.74) is 4.12. The Bertz CT molecular complexity index is 1180. The van der Waals surface area contributed by atoms with Gasteiger partial charge in [-0.05, 0) is 68.3 Å². The lowest BCUT2D eigenvalue weighted by atomic mass is 9.84. The van der Waals surface area contributed by atoms with Crippen molar-refractivity contribution >= 4 is 11.6 Å². The van der Waals surface area contributed by atoms with Crippen LogP contribution in [0.4, 0.5) is 10.1 Å². The summed E-state index contributed by atoms with van der Waals surface area (Å²) in [6.45, 7) is 15.1. The predicted octanol–water partition coefficient (Wildman–Crippen LogP) is 3.54. The summed E-state index contributed by atoms with van der Waals surface area (Å²) in [6, 6.07) is 13.6. The van der Waals surface area contributed by atoms with Crippen LogP contribution >= 0.6 is 0 Å². The number of nitriles is 1. The number of likely N-dealkylation sites (N-methyl/N-ethyl adjacent to an activating group) is 1. The zero-order valence-corrected chi connectivity index (χ0v) is 24.0. The summed E-state index contributed by atoms with van der Waals surface area (Å²) >= 11 is 0. The second kappa shape index (κ2) is 12.6. The van der Waals surface area contributed by atoms with E-state index in [1.807, 2.05) is 17.0 Å². The highest BCUT2D eigenvalue weighted by molar-refractivity contribution is 5.98. The number of morpholine rings is 1. The minimum atomic E-state index is -0.279. The van der Waals surface area contributed by atoms with Gasteiger partial charge < -0.3 is 15.0 Å². The van der Waals surface area contributed by atoms with E-state index in [1.54, 1.807) is 12.1 Å². The first-order chi connectivity index (χ1) is 18.6. The highest BCUT2D eigenvalue weighted by Gasteiger charge is 2.39. The minimum Gasteiger partial charge on any atom is -0.379 e. The first-order valence-corrected chi connectivity index (χ1v) is 13.9. The number of anilines is 1. The molecule has 7 nitrogen and oxygen atoms in total. The highest BCUT2D eigenvalue weighted by atomic mass is 19.1. The summed E-state index contributed by atoms with van der Waals surface area (Å²) in [5.74, 6) is -0.183. The van der Waals surface area contributed by atoms with Crippen LogP contribution in [0.15, 0.2) is 36.4 Å². The van der Waals surface area contributed by atoms with Gasteiger partial charge >= 0.3 is 0 Å². The molecule has 0 aromatic heterocycles. The minimum absolute atomic E-state index is 0.0957. The Kier molecular flexibility index (Phi) is 9.39. The molecule has 1 N–H and O–H groups in total. The van der Waals surface area contributed by atoms with Gasteiger partial charge in [0.1, 0.15) is 5.82 Å². The molecule has 39 heavy (non-hydrogen) atoms. The third-order valence-corrected chi connectivity index (χ3v) is 8.04. The molecule has 2 aromatic rings.